The van der Waals surface area contributed by atoms with Crippen LogP contribution < -0.4 is 5.32 Å². The van der Waals surface area contributed by atoms with E-state index in [1.165, 1.54) is 24.4 Å². The lowest BCUT2D eigenvalue weighted by Gasteiger charge is -2.07. The monoisotopic (exact) mass is 308 g/mol. The van der Waals surface area contributed by atoms with Gasteiger partial charge in [-0.25, -0.2) is 14.2 Å². The van der Waals surface area contributed by atoms with E-state index in [2.05, 4.69) is 10.3 Å². The van der Waals surface area contributed by atoms with Gasteiger partial charge in [-0.15, -0.1) is 0 Å². The zero-order valence-corrected chi connectivity index (χ0v) is 11.4. The first-order valence-electron chi connectivity index (χ1n) is 5.89. The zero-order chi connectivity index (χ0) is 15.2. The predicted octanol–water partition coefficient (Wildman–Crippen LogP) is 2.67. The molecule has 0 saturated heterocycles. The summed E-state index contributed by atoms with van der Waals surface area (Å²) in [6, 6.07) is 8.45. The highest BCUT2D eigenvalue weighted by Gasteiger charge is 2.12. The third kappa shape index (κ3) is 4.25. The van der Waals surface area contributed by atoms with E-state index < -0.39 is 24.3 Å². The number of halogens is 2. The summed E-state index contributed by atoms with van der Waals surface area (Å²) in [6.07, 6.45) is 1.43. The topological polar surface area (TPSA) is 68.3 Å². The molecule has 0 unspecified atom stereocenters. The van der Waals surface area contributed by atoms with Crippen molar-refractivity contribution < 1.29 is 18.7 Å². The summed E-state index contributed by atoms with van der Waals surface area (Å²) in [7, 11) is 0. The van der Waals surface area contributed by atoms with Crippen LogP contribution in [0.1, 0.15) is 10.5 Å². The van der Waals surface area contributed by atoms with Gasteiger partial charge in [-0.3, -0.25) is 4.79 Å². The fourth-order valence-electron chi connectivity index (χ4n) is 1.47. The molecule has 1 amide bonds. The first-order chi connectivity index (χ1) is 10.1. The van der Waals surface area contributed by atoms with Crippen LogP contribution in [0, 0.1) is 5.82 Å². The van der Waals surface area contributed by atoms with Crippen LogP contribution in [-0.4, -0.2) is 23.5 Å². The molecule has 7 heteroatoms. The lowest BCUT2D eigenvalue weighted by atomic mass is 10.3. The third-order valence-electron chi connectivity index (χ3n) is 2.41. The number of rotatable bonds is 4. The van der Waals surface area contributed by atoms with E-state index >= 15 is 0 Å². The fourth-order valence-corrected chi connectivity index (χ4v) is 1.64. The molecule has 0 atom stereocenters. The molecular formula is C14H10ClFN2O3. The number of carbonyl (C=O) groups excluding carboxylic acids is 2. The SMILES string of the molecule is O=C(COC(=O)c1ccccn1)Nc1cc(Cl)ccc1F. The molecule has 1 heterocycles. The zero-order valence-electron chi connectivity index (χ0n) is 10.7. The second-order valence-electron chi connectivity index (χ2n) is 3.96. The van der Waals surface area contributed by atoms with Gasteiger partial charge < -0.3 is 10.1 Å². The Morgan fingerprint density at radius 2 is 2.10 bits per heavy atom. The first kappa shape index (κ1) is 14.9. The van der Waals surface area contributed by atoms with Gasteiger partial charge in [0.25, 0.3) is 5.91 Å². The van der Waals surface area contributed by atoms with Gasteiger partial charge in [-0.1, -0.05) is 17.7 Å². The Kier molecular flexibility index (Phi) is 4.84. The first-order valence-corrected chi connectivity index (χ1v) is 6.27. The summed E-state index contributed by atoms with van der Waals surface area (Å²) in [5.74, 6) is -2.05. The molecule has 0 saturated carbocycles. The molecule has 0 radical (unpaired) electrons. The number of hydrogen-bond acceptors (Lipinski definition) is 4. The van der Waals surface area contributed by atoms with Gasteiger partial charge in [-0.2, -0.15) is 0 Å². The molecule has 0 spiro atoms. The number of hydrogen-bond donors (Lipinski definition) is 1. The molecule has 108 valence electrons. The average molecular weight is 309 g/mol. The molecule has 0 bridgehead atoms. The highest BCUT2D eigenvalue weighted by atomic mass is 35.5. The van der Waals surface area contributed by atoms with Crippen molar-refractivity contribution in [2.24, 2.45) is 0 Å². The summed E-state index contributed by atoms with van der Waals surface area (Å²) in [4.78, 5) is 26.9. The number of esters is 1. The molecule has 0 aliphatic heterocycles. The predicted molar refractivity (Wildman–Crippen MR) is 74.6 cm³/mol. The maximum Gasteiger partial charge on any atom is 0.357 e. The van der Waals surface area contributed by atoms with E-state index in [4.69, 9.17) is 16.3 Å². The number of nitrogens with one attached hydrogen (secondary N) is 1. The van der Waals surface area contributed by atoms with Crippen LogP contribution in [0.4, 0.5) is 10.1 Å². The number of ether oxygens (including phenoxy) is 1. The van der Waals surface area contributed by atoms with Crippen LogP contribution in [0.15, 0.2) is 42.6 Å². The highest BCUT2D eigenvalue weighted by Crippen LogP contribution is 2.19. The van der Waals surface area contributed by atoms with Crippen molar-refractivity contribution in [3.63, 3.8) is 0 Å². The van der Waals surface area contributed by atoms with E-state index in [9.17, 15) is 14.0 Å². The third-order valence-corrected chi connectivity index (χ3v) is 2.65. The summed E-state index contributed by atoms with van der Waals surface area (Å²) >= 11 is 5.70. The maximum absolute atomic E-state index is 13.4. The van der Waals surface area contributed by atoms with Crippen LogP contribution in [0.25, 0.3) is 0 Å². The number of pyridine rings is 1. The van der Waals surface area contributed by atoms with E-state index in [0.717, 1.165) is 6.07 Å². The Balaban J connectivity index is 1.91. The summed E-state index contributed by atoms with van der Waals surface area (Å²) in [6.45, 7) is -0.554. The van der Waals surface area contributed by atoms with Crippen molar-refractivity contribution in [1.82, 2.24) is 4.98 Å². The van der Waals surface area contributed by atoms with E-state index in [0.29, 0.717) is 0 Å². The van der Waals surface area contributed by atoms with Gasteiger partial charge in [0.1, 0.15) is 11.5 Å². The van der Waals surface area contributed by atoms with E-state index in [1.54, 1.807) is 12.1 Å². The fraction of sp³-hybridized carbons (Fsp3) is 0.0714. The number of aromatic nitrogens is 1. The van der Waals surface area contributed by atoms with Crippen molar-refractivity contribution in [2.45, 2.75) is 0 Å². The Labute approximate surface area is 124 Å². The van der Waals surface area contributed by atoms with Crippen molar-refractivity contribution in [3.05, 3.63) is 59.1 Å². The summed E-state index contributed by atoms with van der Waals surface area (Å²) in [5, 5.41) is 2.54. The Bertz CT molecular complexity index is 665. The number of benzene rings is 1. The molecule has 0 fully saturated rings. The highest BCUT2D eigenvalue weighted by molar-refractivity contribution is 6.30. The Hall–Kier alpha value is -2.47. The molecule has 2 aromatic rings. The summed E-state index contributed by atoms with van der Waals surface area (Å²) in [5.41, 5.74) is 0.000575. The summed E-state index contributed by atoms with van der Waals surface area (Å²) < 4.78 is 18.2. The lowest BCUT2D eigenvalue weighted by molar-refractivity contribution is -0.119. The Morgan fingerprint density at radius 1 is 1.29 bits per heavy atom. The smallest absolute Gasteiger partial charge is 0.357 e. The van der Waals surface area contributed by atoms with Gasteiger partial charge in [0.15, 0.2) is 6.61 Å². The Morgan fingerprint density at radius 3 is 2.81 bits per heavy atom. The maximum atomic E-state index is 13.4. The standard InChI is InChI=1S/C14H10ClFN2O3/c15-9-4-5-10(16)12(7-9)18-13(19)8-21-14(20)11-3-1-2-6-17-11/h1-7H,8H2,(H,18,19). The molecular weight excluding hydrogens is 299 g/mol. The van der Waals surface area contributed by atoms with Gasteiger partial charge in [0.2, 0.25) is 0 Å². The van der Waals surface area contributed by atoms with Crippen molar-refractivity contribution >= 4 is 29.2 Å². The number of amides is 1. The minimum Gasteiger partial charge on any atom is -0.451 e. The molecule has 1 aromatic heterocycles. The van der Waals surface area contributed by atoms with Crippen molar-refractivity contribution in [3.8, 4) is 0 Å². The number of nitrogens with zero attached hydrogens (tertiary/aromatic N) is 1. The van der Waals surface area contributed by atoms with Crippen LogP contribution in [0.3, 0.4) is 0 Å². The molecule has 0 aliphatic rings. The molecule has 2 rings (SSSR count). The number of anilines is 1. The second-order valence-corrected chi connectivity index (χ2v) is 4.40. The molecule has 21 heavy (non-hydrogen) atoms. The molecule has 5 nitrogen and oxygen atoms in total. The lowest BCUT2D eigenvalue weighted by Crippen LogP contribution is -2.21. The van der Waals surface area contributed by atoms with Gasteiger partial charge >= 0.3 is 5.97 Å². The average Bonchev–Trinajstić information content (AvgIpc) is 2.49. The largest absolute Gasteiger partial charge is 0.451 e. The number of carbonyl (C=O) groups is 2. The van der Waals surface area contributed by atoms with Gasteiger partial charge in [0, 0.05) is 11.2 Å². The molecule has 0 aliphatic carbocycles. The van der Waals surface area contributed by atoms with Crippen LogP contribution in [0.2, 0.25) is 5.02 Å². The minimum absolute atomic E-state index is 0.0821. The van der Waals surface area contributed by atoms with Crippen LogP contribution >= 0.6 is 11.6 Å². The van der Waals surface area contributed by atoms with E-state index in [-0.39, 0.29) is 16.4 Å². The molecule has 1 N–H and O–H groups in total. The van der Waals surface area contributed by atoms with Gasteiger partial charge in [-0.05, 0) is 30.3 Å². The van der Waals surface area contributed by atoms with Crippen LogP contribution in [-0.2, 0) is 9.53 Å². The van der Waals surface area contributed by atoms with Crippen molar-refractivity contribution in [1.29, 1.82) is 0 Å². The van der Waals surface area contributed by atoms with Crippen molar-refractivity contribution in [2.75, 3.05) is 11.9 Å². The quantitative estimate of drug-likeness (QED) is 0.882. The molecule has 1 aromatic carbocycles. The second kappa shape index (κ2) is 6.81. The van der Waals surface area contributed by atoms with Crippen LogP contribution in [0.5, 0.6) is 0 Å². The van der Waals surface area contributed by atoms with Gasteiger partial charge in [0.05, 0.1) is 5.69 Å². The van der Waals surface area contributed by atoms with E-state index in [1.807, 2.05) is 0 Å². The normalized spacial score (nSPS) is 10.0. The minimum atomic E-state index is -0.739.